The van der Waals surface area contributed by atoms with E-state index in [2.05, 4.69) is 0 Å². The molecule has 0 N–H and O–H groups in total. The van der Waals surface area contributed by atoms with Gasteiger partial charge in [-0.05, 0) is 63.4 Å². The van der Waals surface area contributed by atoms with Crippen molar-refractivity contribution in [2.45, 2.75) is 45.8 Å². The predicted octanol–water partition coefficient (Wildman–Crippen LogP) is 4.32. The van der Waals surface area contributed by atoms with Gasteiger partial charge < -0.3 is 14.2 Å². The van der Waals surface area contributed by atoms with Crippen LogP contribution < -0.4 is 0 Å². The van der Waals surface area contributed by atoms with Crippen molar-refractivity contribution in [3.63, 3.8) is 0 Å². The molecule has 1 aromatic heterocycles. The zero-order chi connectivity index (χ0) is 23.8. The number of Topliss-reactive ketones (excluding diaryl/α,β-unsaturated/α-hetero) is 1. The van der Waals surface area contributed by atoms with Crippen molar-refractivity contribution in [3.8, 4) is 0 Å². The fourth-order valence-corrected chi connectivity index (χ4v) is 3.83. The quantitative estimate of drug-likeness (QED) is 0.465. The Labute approximate surface area is 184 Å². The highest BCUT2D eigenvalue weighted by molar-refractivity contribution is 6.06. The number of aromatic nitrogens is 1. The molecule has 1 amide bonds. The van der Waals surface area contributed by atoms with Gasteiger partial charge in [-0.1, -0.05) is 0 Å². The smallest absolute Gasteiger partial charge is 0.416 e. The number of ketones is 1. The zero-order valence-electron chi connectivity index (χ0n) is 18.4. The van der Waals surface area contributed by atoms with Gasteiger partial charge in [-0.3, -0.25) is 9.59 Å². The molecule has 0 radical (unpaired) electrons. The number of hydrogen-bond donors (Lipinski definition) is 0. The van der Waals surface area contributed by atoms with Crippen LogP contribution in [-0.4, -0.2) is 46.3 Å². The number of hydrogen-bond acceptors (Lipinski definition) is 4. The monoisotopic (exact) mass is 450 g/mol. The molecule has 0 saturated heterocycles. The number of rotatable bonds is 7. The predicted molar refractivity (Wildman–Crippen MR) is 111 cm³/mol. The maximum atomic E-state index is 13.2. The summed E-state index contributed by atoms with van der Waals surface area (Å²) in [5, 5.41) is 0. The topological polar surface area (TPSA) is 68.6 Å². The first-order chi connectivity index (χ1) is 15.0. The van der Waals surface area contributed by atoms with E-state index in [-0.39, 0.29) is 36.2 Å². The molecule has 0 aliphatic heterocycles. The summed E-state index contributed by atoms with van der Waals surface area (Å²) in [6.45, 7) is 5.03. The highest BCUT2D eigenvalue weighted by atomic mass is 19.4. The van der Waals surface area contributed by atoms with Crippen LogP contribution in [-0.2, 0) is 18.0 Å². The van der Waals surface area contributed by atoms with Crippen LogP contribution in [0.2, 0.25) is 0 Å². The van der Waals surface area contributed by atoms with Gasteiger partial charge in [0.1, 0.15) is 5.69 Å². The summed E-state index contributed by atoms with van der Waals surface area (Å²) in [6.07, 6.45) is -3.05. The highest BCUT2D eigenvalue weighted by Gasteiger charge is 2.36. The Morgan fingerprint density at radius 2 is 1.72 bits per heavy atom. The average Bonchev–Trinajstić information content (AvgIpc) is 3.53. The highest BCUT2D eigenvalue weighted by Crippen LogP contribution is 2.32. The lowest BCUT2D eigenvalue weighted by Crippen LogP contribution is -2.37. The van der Waals surface area contributed by atoms with Crippen LogP contribution >= 0.6 is 0 Å². The normalized spacial score (nSPS) is 13.7. The third-order valence-corrected chi connectivity index (χ3v) is 5.70. The van der Waals surface area contributed by atoms with Gasteiger partial charge in [-0.2, -0.15) is 13.2 Å². The van der Waals surface area contributed by atoms with Gasteiger partial charge in [0.15, 0.2) is 5.78 Å². The molecule has 1 aromatic carbocycles. The number of ether oxygens (including phenoxy) is 1. The van der Waals surface area contributed by atoms with E-state index < -0.39 is 23.6 Å². The zero-order valence-corrected chi connectivity index (χ0v) is 18.4. The van der Waals surface area contributed by atoms with E-state index in [1.165, 1.54) is 4.90 Å². The molecule has 0 bridgehead atoms. The van der Waals surface area contributed by atoms with E-state index in [4.69, 9.17) is 4.74 Å². The second-order valence-corrected chi connectivity index (χ2v) is 7.88. The van der Waals surface area contributed by atoms with Crippen molar-refractivity contribution in [3.05, 3.63) is 57.9 Å². The summed E-state index contributed by atoms with van der Waals surface area (Å²) >= 11 is 0. The number of nitrogens with zero attached hydrogens (tertiary/aromatic N) is 2. The second kappa shape index (κ2) is 8.80. The van der Waals surface area contributed by atoms with E-state index in [9.17, 15) is 27.6 Å². The van der Waals surface area contributed by atoms with Crippen LogP contribution in [0.4, 0.5) is 13.2 Å². The van der Waals surface area contributed by atoms with Crippen LogP contribution in [0.25, 0.3) is 0 Å². The lowest BCUT2D eigenvalue weighted by atomic mass is 10.0. The minimum Gasteiger partial charge on any atom is -0.461 e. The average molecular weight is 450 g/mol. The SMILES string of the molecule is CCOC(=O)c1c(C)c(C(=O)CN(C(=O)c2ccc(C(F)(F)F)cc2)C2CC2)c(C)n1C. The molecular weight excluding hydrogens is 425 g/mol. The minimum atomic E-state index is -4.49. The Balaban J connectivity index is 1.86. The number of carbonyl (C=O) groups is 3. The first kappa shape index (κ1) is 23.6. The first-order valence-corrected chi connectivity index (χ1v) is 10.3. The maximum Gasteiger partial charge on any atom is 0.416 e. The number of benzene rings is 1. The molecule has 1 aliphatic carbocycles. The molecule has 9 heteroatoms. The molecule has 1 saturated carbocycles. The second-order valence-electron chi connectivity index (χ2n) is 7.88. The van der Waals surface area contributed by atoms with Gasteiger partial charge in [0, 0.05) is 29.9 Å². The molecule has 1 heterocycles. The van der Waals surface area contributed by atoms with E-state index in [0.29, 0.717) is 16.8 Å². The number of alkyl halides is 3. The molecule has 0 unspecified atom stereocenters. The Bertz CT molecular complexity index is 1050. The van der Waals surface area contributed by atoms with Gasteiger partial charge in [0.25, 0.3) is 5.91 Å². The molecule has 0 atom stereocenters. The minimum absolute atomic E-state index is 0.0893. The lowest BCUT2D eigenvalue weighted by molar-refractivity contribution is -0.137. The lowest BCUT2D eigenvalue weighted by Gasteiger charge is -2.22. The molecule has 6 nitrogen and oxygen atoms in total. The summed E-state index contributed by atoms with van der Waals surface area (Å²) < 4.78 is 45.1. The fraction of sp³-hybridized carbons (Fsp3) is 0.435. The Morgan fingerprint density at radius 3 is 2.22 bits per heavy atom. The third kappa shape index (κ3) is 4.56. The summed E-state index contributed by atoms with van der Waals surface area (Å²) in [5.74, 6) is -1.36. The van der Waals surface area contributed by atoms with Gasteiger partial charge >= 0.3 is 12.1 Å². The van der Waals surface area contributed by atoms with E-state index in [0.717, 1.165) is 37.1 Å². The van der Waals surface area contributed by atoms with Crippen molar-refractivity contribution in [1.82, 2.24) is 9.47 Å². The van der Waals surface area contributed by atoms with Gasteiger partial charge in [0.05, 0.1) is 18.7 Å². The van der Waals surface area contributed by atoms with Crippen LogP contribution in [0, 0.1) is 13.8 Å². The summed E-state index contributed by atoms with van der Waals surface area (Å²) in [4.78, 5) is 39.9. The van der Waals surface area contributed by atoms with Crippen LogP contribution in [0.3, 0.4) is 0 Å². The molecule has 1 fully saturated rings. The van der Waals surface area contributed by atoms with Crippen molar-refractivity contribution >= 4 is 17.7 Å². The summed E-state index contributed by atoms with van der Waals surface area (Å²) in [7, 11) is 1.66. The van der Waals surface area contributed by atoms with Crippen LogP contribution in [0.5, 0.6) is 0 Å². The van der Waals surface area contributed by atoms with Crippen molar-refractivity contribution in [2.75, 3.05) is 13.2 Å². The summed E-state index contributed by atoms with van der Waals surface area (Å²) in [5.41, 5.74) is 0.928. The van der Waals surface area contributed by atoms with Gasteiger partial charge in [-0.25, -0.2) is 4.79 Å². The Morgan fingerprint density at radius 1 is 1.12 bits per heavy atom. The molecule has 3 rings (SSSR count). The standard InChI is InChI=1S/C23H25F3N2O4/c1-5-32-22(31)20-13(2)19(14(3)27(20)4)18(29)12-28(17-10-11-17)21(30)15-6-8-16(9-7-15)23(24,25)26/h6-9,17H,5,10-12H2,1-4H3. The number of amides is 1. The molecule has 172 valence electrons. The summed E-state index contributed by atoms with van der Waals surface area (Å²) in [6, 6.07) is 3.84. The Kier molecular flexibility index (Phi) is 6.48. The molecule has 1 aliphatic rings. The van der Waals surface area contributed by atoms with E-state index >= 15 is 0 Å². The largest absolute Gasteiger partial charge is 0.461 e. The number of carbonyl (C=O) groups excluding carboxylic acids is 3. The third-order valence-electron chi connectivity index (χ3n) is 5.70. The van der Waals surface area contributed by atoms with Crippen molar-refractivity contribution in [2.24, 2.45) is 7.05 Å². The Hall–Kier alpha value is -3.10. The number of halogens is 3. The molecule has 0 spiro atoms. The number of esters is 1. The fourth-order valence-electron chi connectivity index (χ4n) is 3.83. The van der Waals surface area contributed by atoms with Gasteiger partial charge in [0.2, 0.25) is 0 Å². The molecule has 2 aromatic rings. The van der Waals surface area contributed by atoms with E-state index in [1.807, 2.05) is 0 Å². The van der Waals surface area contributed by atoms with E-state index in [1.54, 1.807) is 32.4 Å². The van der Waals surface area contributed by atoms with Crippen LogP contribution in [0.15, 0.2) is 24.3 Å². The molecular formula is C23H25F3N2O4. The van der Waals surface area contributed by atoms with Crippen molar-refractivity contribution in [1.29, 1.82) is 0 Å². The van der Waals surface area contributed by atoms with Crippen molar-refractivity contribution < 1.29 is 32.3 Å². The van der Waals surface area contributed by atoms with Gasteiger partial charge in [-0.15, -0.1) is 0 Å². The maximum absolute atomic E-state index is 13.2. The first-order valence-electron chi connectivity index (χ1n) is 10.3. The molecule has 32 heavy (non-hydrogen) atoms. The van der Waals surface area contributed by atoms with Crippen LogP contribution in [0.1, 0.15) is 67.8 Å².